The van der Waals surface area contributed by atoms with E-state index in [4.69, 9.17) is 0 Å². The van der Waals surface area contributed by atoms with Gasteiger partial charge in [-0.15, -0.1) is 0 Å². The number of benzene rings is 2. The van der Waals surface area contributed by atoms with Gasteiger partial charge >= 0.3 is 0 Å². The Labute approximate surface area is 499 Å². The van der Waals surface area contributed by atoms with Crippen LogP contribution in [0.1, 0.15) is 81.0 Å². The van der Waals surface area contributed by atoms with Gasteiger partial charge in [-0.3, -0.25) is 28.8 Å². The summed E-state index contributed by atoms with van der Waals surface area (Å²) in [4.78, 5) is 90.1. The van der Waals surface area contributed by atoms with Crippen molar-refractivity contribution in [3.8, 4) is 0 Å². The van der Waals surface area contributed by atoms with Crippen LogP contribution in [0.5, 0.6) is 0 Å². The zero-order chi connectivity index (χ0) is 55.2. The fourth-order valence-electron chi connectivity index (χ4n) is 7.24. The minimum atomic E-state index is -1.28. The monoisotopic (exact) mass is 1690 g/mol. The van der Waals surface area contributed by atoms with Gasteiger partial charge in [0.05, 0.1) is 124 Å². The summed E-state index contributed by atoms with van der Waals surface area (Å²) in [6, 6.07) is 0. The SMILES string of the molecule is CC(=O)N(CC(O)CCCCC(O)CN(C(C)=O)c1c(I)c(C(=O)N(C)CC(O)CO)c(I)c(C(=O)N(C)CC(O)CO)c1I)c1c(I)c(C(=O)N(C)CC(O)CO)c(I)c(C(=O)N(C)CC(O)CO)c1I. The molecule has 0 bridgehead atoms. The van der Waals surface area contributed by atoms with Crippen molar-refractivity contribution in [1.82, 2.24) is 19.6 Å². The highest BCUT2D eigenvalue weighted by molar-refractivity contribution is 14.1. The number of rotatable bonds is 27. The van der Waals surface area contributed by atoms with Gasteiger partial charge < -0.3 is 80.5 Å². The van der Waals surface area contributed by atoms with Gasteiger partial charge in [-0.25, -0.2) is 0 Å². The molecule has 6 amide bonds. The number of hydrogen-bond donors (Lipinski definition) is 10. The van der Waals surface area contributed by atoms with Crippen molar-refractivity contribution in [3.63, 3.8) is 0 Å². The van der Waals surface area contributed by atoms with Crippen LogP contribution >= 0.6 is 136 Å². The lowest BCUT2D eigenvalue weighted by Crippen LogP contribution is -2.41. The molecule has 28 heteroatoms. The average molecular weight is 1690 g/mol. The van der Waals surface area contributed by atoms with Crippen molar-refractivity contribution < 1.29 is 79.8 Å². The van der Waals surface area contributed by atoms with Crippen LogP contribution in [0.15, 0.2) is 0 Å². The van der Waals surface area contributed by atoms with E-state index in [1.165, 1.54) is 51.8 Å². The van der Waals surface area contributed by atoms with Crippen LogP contribution < -0.4 is 9.80 Å². The lowest BCUT2D eigenvalue weighted by atomic mass is 10.0. The molecule has 6 atom stereocenters. The van der Waals surface area contributed by atoms with E-state index in [9.17, 15) is 79.8 Å². The van der Waals surface area contributed by atoms with Gasteiger partial charge in [0.2, 0.25) is 11.8 Å². The predicted octanol–water partition coefficient (Wildman–Crippen LogP) is 0.703. The molecule has 0 saturated carbocycles. The summed E-state index contributed by atoms with van der Waals surface area (Å²) in [5.41, 5.74) is 0.292. The number of unbranched alkanes of at least 4 members (excludes halogenated alkanes) is 1. The Hall–Kier alpha value is -0.760. The Morgan fingerprint density at radius 2 is 0.583 bits per heavy atom. The summed E-state index contributed by atoms with van der Waals surface area (Å²) in [7, 11) is 5.57. The Balaban J connectivity index is 2.52. The summed E-state index contributed by atoms with van der Waals surface area (Å²) in [5.74, 6) is -3.68. The molecule has 0 aliphatic heterocycles. The lowest BCUT2D eigenvalue weighted by Gasteiger charge is -2.31. The van der Waals surface area contributed by atoms with Crippen molar-refractivity contribution in [2.24, 2.45) is 0 Å². The maximum atomic E-state index is 14.0. The fourth-order valence-corrected chi connectivity index (χ4v) is 16.6. The number of carbonyl (C=O) groups is 6. The first kappa shape index (κ1) is 67.3. The lowest BCUT2D eigenvalue weighted by molar-refractivity contribution is -0.117. The third kappa shape index (κ3) is 17.9. The van der Waals surface area contributed by atoms with Crippen molar-refractivity contribution >= 4 is 182 Å². The Kier molecular flexibility index (Phi) is 29.6. The highest BCUT2D eigenvalue weighted by atomic mass is 127. The normalized spacial score (nSPS) is 13.9. The summed E-state index contributed by atoms with van der Waals surface area (Å²) >= 11 is 11.2. The van der Waals surface area contributed by atoms with Crippen molar-refractivity contribution in [2.45, 2.75) is 76.2 Å². The van der Waals surface area contributed by atoms with E-state index in [2.05, 4.69) is 0 Å². The zero-order valence-corrected chi connectivity index (χ0v) is 53.2. The Morgan fingerprint density at radius 1 is 0.375 bits per heavy atom. The van der Waals surface area contributed by atoms with Gasteiger partial charge in [-0.1, -0.05) is 12.8 Å². The molecule has 0 fully saturated rings. The van der Waals surface area contributed by atoms with Crippen LogP contribution in [-0.4, -0.2) is 237 Å². The minimum absolute atomic E-state index is 0.00347. The average Bonchev–Trinajstić information content (AvgIpc) is 3.31. The van der Waals surface area contributed by atoms with Crippen LogP contribution in [-0.2, 0) is 9.59 Å². The first-order valence-electron chi connectivity index (χ1n) is 22.0. The third-order valence-corrected chi connectivity index (χ3v) is 17.4. The van der Waals surface area contributed by atoms with E-state index in [1.54, 1.807) is 0 Å². The first-order chi connectivity index (χ1) is 33.5. The van der Waals surface area contributed by atoms with E-state index in [0.717, 1.165) is 19.6 Å². The summed E-state index contributed by atoms with van der Waals surface area (Å²) in [6.45, 7) is -1.69. The molecule has 2 aromatic carbocycles. The number of anilines is 2. The van der Waals surface area contributed by atoms with Gasteiger partial charge in [-0.05, 0) is 148 Å². The molecule has 72 heavy (non-hydrogen) atoms. The zero-order valence-electron chi connectivity index (χ0n) is 40.2. The number of amides is 6. The molecular formula is C44H62I6N6O16. The van der Waals surface area contributed by atoms with E-state index >= 15 is 0 Å². The largest absolute Gasteiger partial charge is 0.394 e. The number of halogens is 6. The molecule has 2 aromatic rings. The standard InChI is InChI=1S/C44H62I6N6O16/c1-21(61)55(39-35(47)29(41(69)51(3)11-25(65)17-57)33(45)30(36(39)48)42(70)52(4)12-26(66)18-58)15-23(63)9-7-8-10-24(64)16-56(22(2)62)40-37(49)31(43(71)53(5)13-27(67)19-59)34(46)32(38(40)50)44(72)54(6)14-28(68)20-60/h23-28,57-60,63-68H,7-20H2,1-6H3. The molecule has 2 rings (SSSR count). The molecule has 0 aliphatic rings. The van der Waals surface area contributed by atoms with Crippen LogP contribution in [0.2, 0.25) is 0 Å². The van der Waals surface area contributed by atoms with Crippen LogP contribution in [0.4, 0.5) is 11.4 Å². The molecule has 10 N–H and O–H groups in total. The molecule has 0 aliphatic carbocycles. The van der Waals surface area contributed by atoms with Gasteiger partial charge in [0.15, 0.2) is 0 Å². The van der Waals surface area contributed by atoms with E-state index in [0.29, 0.717) is 12.8 Å². The van der Waals surface area contributed by atoms with Crippen LogP contribution in [0.25, 0.3) is 0 Å². The number of hydrogen-bond acceptors (Lipinski definition) is 16. The van der Waals surface area contributed by atoms with E-state index in [-0.39, 0.29) is 107 Å². The molecule has 0 aromatic heterocycles. The third-order valence-electron chi connectivity index (χ3n) is 11.0. The predicted molar refractivity (Wildman–Crippen MR) is 316 cm³/mol. The summed E-state index contributed by atoms with van der Waals surface area (Å²) in [5, 5.41) is 101. The number of aliphatic hydroxyl groups is 10. The molecule has 0 spiro atoms. The quantitative estimate of drug-likeness (QED) is 0.0435. The van der Waals surface area contributed by atoms with Crippen molar-refractivity contribution in [2.75, 3.05) is 104 Å². The van der Waals surface area contributed by atoms with Crippen LogP contribution in [0.3, 0.4) is 0 Å². The molecule has 406 valence electrons. The topological polar surface area (TPSA) is 324 Å². The summed E-state index contributed by atoms with van der Waals surface area (Å²) in [6.07, 6.45) is -6.64. The molecule has 0 radical (unpaired) electrons. The molecule has 0 heterocycles. The maximum absolute atomic E-state index is 14.0. The Bertz CT molecular complexity index is 2000. The molecular weight excluding hydrogens is 1630 g/mol. The van der Waals surface area contributed by atoms with Gasteiger partial charge in [0.1, 0.15) is 0 Å². The van der Waals surface area contributed by atoms with Crippen molar-refractivity contribution in [3.05, 3.63) is 43.7 Å². The van der Waals surface area contributed by atoms with Gasteiger partial charge in [0, 0.05) is 75.4 Å². The number of likely N-dealkylation sites (N-methyl/N-ethyl adjacent to an activating group) is 4. The number of nitrogens with zero attached hydrogens (tertiary/aromatic N) is 6. The fraction of sp³-hybridized carbons (Fsp3) is 0.591. The summed E-state index contributed by atoms with van der Waals surface area (Å²) < 4.78 is 1.38. The smallest absolute Gasteiger partial charge is 0.255 e. The van der Waals surface area contributed by atoms with E-state index < -0.39 is 98.5 Å². The molecule has 0 saturated heterocycles. The van der Waals surface area contributed by atoms with Gasteiger partial charge in [0.25, 0.3) is 23.6 Å². The number of aliphatic hydroxyl groups excluding tert-OH is 10. The molecule has 22 nitrogen and oxygen atoms in total. The minimum Gasteiger partial charge on any atom is -0.394 e. The van der Waals surface area contributed by atoms with Crippen LogP contribution in [0, 0.1) is 21.4 Å². The second-order valence-corrected chi connectivity index (χ2v) is 23.5. The van der Waals surface area contributed by atoms with Gasteiger partial charge in [-0.2, -0.15) is 0 Å². The highest BCUT2D eigenvalue weighted by Gasteiger charge is 2.37. The second-order valence-electron chi connectivity index (χ2n) is 17.0. The second kappa shape index (κ2) is 31.6. The maximum Gasteiger partial charge on any atom is 0.255 e. The molecule has 6 unspecified atom stereocenters. The van der Waals surface area contributed by atoms with Crippen molar-refractivity contribution in [1.29, 1.82) is 0 Å². The van der Waals surface area contributed by atoms with E-state index in [1.807, 2.05) is 136 Å². The number of carbonyl (C=O) groups excluding carboxylic acids is 6. The highest BCUT2D eigenvalue weighted by Crippen LogP contribution is 2.41. The first-order valence-corrected chi connectivity index (χ1v) is 28.5. The Morgan fingerprint density at radius 3 is 0.764 bits per heavy atom.